The third kappa shape index (κ3) is 2.36. The van der Waals surface area contributed by atoms with Crippen LogP contribution in [0.1, 0.15) is 36.5 Å². The van der Waals surface area contributed by atoms with Crippen LogP contribution in [0.15, 0.2) is 24.3 Å². The minimum atomic E-state index is -1.54. The van der Waals surface area contributed by atoms with Gasteiger partial charge in [0.2, 0.25) is 11.5 Å². The molecule has 2 aliphatic rings. The molecular formula is C19H20O6. The molecule has 6 heteroatoms. The molecular weight excluding hydrogens is 324 g/mol. The Labute approximate surface area is 144 Å². The van der Waals surface area contributed by atoms with Crippen molar-refractivity contribution in [3.63, 3.8) is 0 Å². The lowest BCUT2D eigenvalue weighted by Gasteiger charge is -2.36. The first-order chi connectivity index (χ1) is 11.8. The maximum atomic E-state index is 11.0. The Bertz CT molecular complexity index is 859. The van der Waals surface area contributed by atoms with Gasteiger partial charge in [-0.25, -0.2) is 0 Å². The zero-order valence-electron chi connectivity index (χ0n) is 14.0. The standard InChI is InChI=1S/C19H20O6/c1-9(2)24-16-6-11-8-19(23)13(12(11)7-15(16)21)5-10-3-4-14(20)17(22)18(10)25-19/h3-4,6-7,9,13,20-23H,5,8H2,1-2H3/t13?,19-/m0/s1. The predicted octanol–water partition coefficient (Wildman–Crippen LogP) is 2.55. The summed E-state index contributed by atoms with van der Waals surface area (Å²) in [6.07, 6.45) is 0.545. The number of phenolic OH excluding ortho intramolecular Hbond substituents is 3. The van der Waals surface area contributed by atoms with E-state index < -0.39 is 5.79 Å². The molecule has 1 heterocycles. The minimum absolute atomic E-state index is 0.0241. The zero-order valence-corrected chi connectivity index (χ0v) is 14.0. The SMILES string of the molecule is CC(C)Oc1cc2c(cc1O)C1Cc3ccc(O)c(O)c3O[C@@]1(O)C2. The summed E-state index contributed by atoms with van der Waals surface area (Å²) in [5.41, 5.74) is 2.33. The molecule has 1 unspecified atom stereocenters. The van der Waals surface area contributed by atoms with Gasteiger partial charge in [-0.05, 0) is 55.2 Å². The topological polar surface area (TPSA) is 99.4 Å². The van der Waals surface area contributed by atoms with Crippen molar-refractivity contribution in [1.82, 2.24) is 0 Å². The number of ether oxygens (including phenoxy) is 2. The highest BCUT2D eigenvalue weighted by atomic mass is 16.6. The van der Waals surface area contributed by atoms with E-state index in [9.17, 15) is 20.4 Å². The summed E-state index contributed by atoms with van der Waals surface area (Å²) >= 11 is 0. The number of hydrogen-bond acceptors (Lipinski definition) is 6. The first kappa shape index (κ1) is 15.9. The van der Waals surface area contributed by atoms with Gasteiger partial charge in [-0.15, -0.1) is 0 Å². The third-order valence-corrected chi connectivity index (χ3v) is 4.84. The fourth-order valence-corrected chi connectivity index (χ4v) is 3.74. The van der Waals surface area contributed by atoms with Gasteiger partial charge in [0, 0.05) is 6.42 Å². The third-order valence-electron chi connectivity index (χ3n) is 4.84. The Morgan fingerprint density at radius 3 is 2.60 bits per heavy atom. The van der Waals surface area contributed by atoms with Crippen LogP contribution in [-0.2, 0) is 12.8 Å². The van der Waals surface area contributed by atoms with Crippen molar-refractivity contribution in [3.8, 4) is 28.7 Å². The van der Waals surface area contributed by atoms with Crippen LogP contribution in [0.3, 0.4) is 0 Å². The largest absolute Gasteiger partial charge is 0.504 e. The number of fused-ring (bicyclic) bond motifs is 4. The summed E-state index contributed by atoms with van der Waals surface area (Å²) in [6, 6.07) is 6.41. The molecule has 4 rings (SSSR count). The number of aliphatic hydroxyl groups is 1. The van der Waals surface area contributed by atoms with Crippen molar-refractivity contribution in [1.29, 1.82) is 0 Å². The maximum Gasteiger partial charge on any atom is 0.219 e. The molecule has 1 aliphatic carbocycles. The van der Waals surface area contributed by atoms with E-state index in [1.165, 1.54) is 6.07 Å². The smallest absolute Gasteiger partial charge is 0.219 e. The van der Waals surface area contributed by atoms with Crippen molar-refractivity contribution in [2.75, 3.05) is 0 Å². The Balaban J connectivity index is 1.77. The molecule has 1 aliphatic heterocycles. The molecule has 0 amide bonds. The molecule has 0 spiro atoms. The molecule has 2 atom stereocenters. The van der Waals surface area contributed by atoms with Crippen LogP contribution in [0.25, 0.3) is 0 Å². The number of rotatable bonds is 2. The highest BCUT2D eigenvalue weighted by molar-refractivity contribution is 5.59. The van der Waals surface area contributed by atoms with Crippen LogP contribution in [0.5, 0.6) is 28.7 Å². The molecule has 132 valence electrons. The average Bonchev–Trinajstić information content (AvgIpc) is 2.80. The lowest BCUT2D eigenvalue weighted by molar-refractivity contribution is -0.156. The van der Waals surface area contributed by atoms with Gasteiger partial charge in [-0.3, -0.25) is 0 Å². The van der Waals surface area contributed by atoms with Gasteiger partial charge in [-0.2, -0.15) is 0 Å². The molecule has 0 saturated heterocycles. The highest BCUT2D eigenvalue weighted by Gasteiger charge is 2.51. The molecule has 0 radical (unpaired) electrons. The zero-order chi connectivity index (χ0) is 17.9. The minimum Gasteiger partial charge on any atom is -0.504 e. The number of aromatic hydroxyl groups is 3. The van der Waals surface area contributed by atoms with Crippen molar-refractivity contribution in [3.05, 3.63) is 41.0 Å². The molecule has 6 nitrogen and oxygen atoms in total. The van der Waals surface area contributed by atoms with E-state index in [-0.39, 0.29) is 41.4 Å². The van der Waals surface area contributed by atoms with Gasteiger partial charge in [0.1, 0.15) is 0 Å². The van der Waals surface area contributed by atoms with Crippen LogP contribution < -0.4 is 9.47 Å². The van der Waals surface area contributed by atoms with Crippen LogP contribution >= 0.6 is 0 Å². The van der Waals surface area contributed by atoms with E-state index in [0.717, 1.165) is 11.1 Å². The summed E-state index contributed by atoms with van der Waals surface area (Å²) in [7, 11) is 0. The summed E-state index contributed by atoms with van der Waals surface area (Å²) in [6.45, 7) is 3.74. The molecule has 4 N–H and O–H groups in total. The van der Waals surface area contributed by atoms with Crippen molar-refractivity contribution in [2.24, 2.45) is 0 Å². The Morgan fingerprint density at radius 2 is 1.88 bits per heavy atom. The van der Waals surface area contributed by atoms with Gasteiger partial charge >= 0.3 is 0 Å². The monoisotopic (exact) mass is 344 g/mol. The van der Waals surface area contributed by atoms with Crippen molar-refractivity contribution >= 4 is 0 Å². The van der Waals surface area contributed by atoms with Crippen molar-refractivity contribution in [2.45, 2.75) is 44.5 Å². The van der Waals surface area contributed by atoms with Crippen LogP contribution in [-0.4, -0.2) is 32.3 Å². The van der Waals surface area contributed by atoms with Gasteiger partial charge < -0.3 is 29.9 Å². The average molecular weight is 344 g/mol. The first-order valence-corrected chi connectivity index (χ1v) is 8.26. The van der Waals surface area contributed by atoms with E-state index in [4.69, 9.17) is 9.47 Å². The summed E-state index contributed by atoms with van der Waals surface area (Å²) in [5, 5.41) is 41.0. The Hall–Kier alpha value is -2.60. The second-order valence-corrected chi connectivity index (χ2v) is 6.99. The fourth-order valence-electron chi connectivity index (χ4n) is 3.74. The maximum absolute atomic E-state index is 11.0. The van der Waals surface area contributed by atoms with E-state index in [1.807, 2.05) is 13.8 Å². The molecule has 2 aromatic rings. The van der Waals surface area contributed by atoms with Crippen LogP contribution in [0, 0.1) is 0 Å². The van der Waals surface area contributed by atoms with E-state index in [0.29, 0.717) is 17.7 Å². The molecule has 0 bridgehead atoms. The molecule has 0 aromatic heterocycles. The van der Waals surface area contributed by atoms with Gasteiger partial charge in [-0.1, -0.05) is 6.07 Å². The number of hydrogen-bond donors (Lipinski definition) is 4. The van der Waals surface area contributed by atoms with E-state index >= 15 is 0 Å². The van der Waals surface area contributed by atoms with Gasteiger partial charge in [0.15, 0.2) is 23.0 Å². The first-order valence-electron chi connectivity index (χ1n) is 8.26. The van der Waals surface area contributed by atoms with Crippen molar-refractivity contribution < 1.29 is 29.9 Å². The van der Waals surface area contributed by atoms with Crippen LogP contribution in [0.2, 0.25) is 0 Å². The van der Waals surface area contributed by atoms with Gasteiger partial charge in [0.25, 0.3) is 0 Å². The molecule has 0 fully saturated rings. The van der Waals surface area contributed by atoms with E-state index in [2.05, 4.69) is 0 Å². The highest BCUT2D eigenvalue weighted by Crippen LogP contribution is 2.54. The Kier molecular flexibility index (Phi) is 3.30. The quantitative estimate of drug-likeness (QED) is 0.625. The number of benzene rings is 2. The summed E-state index contributed by atoms with van der Waals surface area (Å²) < 4.78 is 11.3. The molecule has 2 aromatic carbocycles. The summed E-state index contributed by atoms with van der Waals surface area (Å²) in [5.74, 6) is -2.07. The molecule has 25 heavy (non-hydrogen) atoms. The van der Waals surface area contributed by atoms with Crippen LogP contribution in [0.4, 0.5) is 0 Å². The predicted molar refractivity (Wildman–Crippen MR) is 89.4 cm³/mol. The van der Waals surface area contributed by atoms with Gasteiger partial charge in [0.05, 0.1) is 12.0 Å². The second-order valence-electron chi connectivity index (χ2n) is 6.99. The fraction of sp³-hybridized carbons (Fsp3) is 0.368. The Morgan fingerprint density at radius 1 is 1.12 bits per heavy atom. The normalized spacial score (nSPS) is 23.6. The second kappa shape index (κ2) is 5.20. The lowest BCUT2D eigenvalue weighted by Crippen LogP contribution is -2.44. The lowest BCUT2D eigenvalue weighted by atomic mass is 9.87. The molecule has 0 saturated carbocycles. The number of phenols is 3. The van der Waals surface area contributed by atoms with E-state index in [1.54, 1.807) is 18.2 Å². The summed E-state index contributed by atoms with van der Waals surface area (Å²) in [4.78, 5) is 0.